The molecule has 2 N–H and O–H groups in total. The highest BCUT2D eigenvalue weighted by atomic mass is 79.9. The third-order valence-electron chi connectivity index (χ3n) is 2.61. The van der Waals surface area contributed by atoms with Gasteiger partial charge in [-0.15, -0.1) is 0 Å². The zero-order valence-electron chi connectivity index (χ0n) is 9.15. The Labute approximate surface area is 117 Å². The van der Waals surface area contributed by atoms with Gasteiger partial charge in [-0.3, -0.25) is 0 Å². The summed E-state index contributed by atoms with van der Waals surface area (Å²) < 4.78 is 6.60. The van der Waals surface area contributed by atoms with Crippen molar-refractivity contribution in [2.75, 3.05) is 5.73 Å². The molecule has 0 spiro atoms. The van der Waals surface area contributed by atoms with Crippen LogP contribution in [0.25, 0.3) is 22.6 Å². The number of nitrogens with two attached hydrogens (primary N) is 1. The summed E-state index contributed by atoms with van der Waals surface area (Å²) in [6, 6.07) is 11.0. The molecule has 0 bridgehead atoms. The number of fused-ring (bicyclic) bond motifs is 1. The number of halogens is 2. The van der Waals surface area contributed by atoms with Crippen LogP contribution in [0.3, 0.4) is 0 Å². The third kappa shape index (κ3) is 1.87. The van der Waals surface area contributed by atoms with E-state index in [0.29, 0.717) is 16.6 Å². The van der Waals surface area contributed by atoms with Gasteiger partial charge in [-0.25, -0.2) is 4.98 Å². The number of hydrogen-bond donors (Lipinski definition) is 1. The summed E-state index contributed by atoms with van der Waals surface area (Å²) in [5.41, 5.74) is 8.54. The van der Waals surface area contributed by atoms with Crippen LogP contribution in [0, 0.1) is 0 Å². The molecular weight excluding hydrogens is 316 g/mol. The van der Waals surface area contributed by atoms with Gasteiger partial charge >= 0.3 is 0 Å². The van der Waals surface area contributed by atoms with E-state index >= 15 is 0 Å². The topological polar surface area (TPSA) is 52.0 Å². The van der Waals surface area contributed by atoms with Crippen molar-refractivity contribution in [2.24, 2.45) is 0 Å². The molecule has 3 nitrogen and oxygen atoms in total. The highest BCUT2D eigenvalue weighted by Gasteiger charge is 2.11. The Bertz CT molecular complexity index is 739. The molecule has 2 aromatic carbocycles. The van der Waals surface area contributed by atoms with E-state index in [0.717, 1.165) is 21.1 Å². The third-order valence-corrected chi connectivity index (χ3v) is 3.57. The summed E-state index contributed by atoms with van der Waals surface area (Å²) in [7, 11) is 0. The summed E-state index contributed by atoms with van der Waals surface area (Å²) >= 11 is 9.42. The summed E-state index contributed by atoms with van der Waals surface area (Å²) in [5.74, 6) is 0.527. The second kappa shape index (κ2) is 4.30. The lowest BCUT2D eigenvalue weighted by Crippen LogP contribution is -1.86. The van der Waals surface area contributed by atoms with Gasteiger partial charge in [-0.05, 0) is 46.3 Å². The monoisotopic (exact) mass is 322 g/mol. The van der Waals surface area contributed by atoms with Gasteiger partial charge in [0.05, 0.1) is 15.2 Å². The maximum atomic E-state index is 5.99. The Hall–Kier alpha value is -1.52. The minimum absolute atomic E-state index is 0.494. The molecule has 3 aromatic rings. The molecule has 0 aliphatic carbocycles. The predicted molar refractivity (Wildman–Crippen MR) is 76.6 cm³/mol. The van der Waals surface area contributed by atoms with Gasteiger partial charge < -0.3 is 10.2 Å². The van der Waals surface area contributed by atoms with E-state index in [2.05, 4.69) is 20.9 Å². The van der Waals surface area contributed by atoms with Gasteiger partial charge in [-0.2, -0.15) is 0 Å². The first-order valence-corrected chi connectivity index (χ1v) is 6.43. The lowest BCUT2D eigenvalue weighted by molar-refractivity contribution is 0.618. The fraction of sp³-hybridized carbons (Fsp3) is 0. The van der Waals surface area contributed by atoms with E-state index < -0.39 is 0 Å². The summed E-state index contributed by atoms with van der Waals surface area (Å²) in [5, 5.41) is 0.494. The predicted octanol–water partition coefficient (Wildman–Crippen LogP) is 4.49. The van der Waals surface area contributed by atoms with E-state index in [1.165, 1.54) is 0 Å². The molecule has 0 aliphatic heterocycles. The Morgan fingerprint density at radius 1 is 1.22 bits per heavy atom. The summed E-state index contributed by atoms with van der Waals surface area (Å²) in [4.78, 5) is 4.42. The lowest BCUT2D eigenvalue weighted by Gasteiger charge is -1.99. The van der Waals surface area contributed by atoms with Gasteiger partial charge in [0.2, 0.25) is 5.89 Å². The summed E-state index contributed by atoms with van der Waals surface area (Å²) in [6.45, 7) is 0. The number of rotatable bonds is 1. The second-order valence-electron chi connectivity index (χ2n) is 3.84. The van der Waals surface area contributed by atoms with Crippen LogP contribution in [-0.4, -0.2) is 4.98 Å². The van der Waals surface area contributed by atoms with E-state index in [4.69, 9.17) is 21.8 Å². The maximum absolute atomic E-state index is 5.99. The van der Waals surface area contributed by atoms with Crippen molar-refractivity contribution in [2.45, 2.75) is 0 Å². The smallest absolute Gasteiger partial charge is 0.227 e. The molecule has 90 valence electrons. The van der Waals surface area contributed by atoms with Crippen LogP contribution in [0.5, 0.6) is 0 Å². The maximum Gasteiger partial charge on any atom is 0.227 e. The standard InChI is InChI=1S/C13H8BrClN2O/c14-8-2-1-3-11-12(8)18-13(17-11)7-4-5-10(16)9(15)6-7/h1-6H,16H2. The van der Waals surface area contributed by atoms with Crippen LogP contribution in [0.2, 0.25) is 5.02 Å². The van der Waals surface area contributed by atoms with Crippen LogP contribution >= 0.6 is 27.5 Å². The van der Waals surface area contributed by atoms with Crippen molar-refractivity contribution in [3.05, 3.63) is 45.9 Å². The number of nitrogen functional groups attached to an aromatic ring is 1. The molecule has 0 aliphatic rings. The SMILES string of the molecule is Nc1ccc(-c2nc3cccc(Br)c3o2)cc1Cl. The summed E-state index contributed by atoms with van der Waals surface area (Å²) in [6.07, 6.45) is 0. The minimum Gasteiger partial charge on any atom is -0.435 e. The Kier molecular flexibility index (Phi) is 2.76. The molecule has 18 heavy (non-hydrogen) atoms. The number of para-hydroxylation sites is 1. The molecule has 1 aromatic heterocycles. The molecular formula is C13H8BrClN2O. The molecule has 0 saturated carbocycles. The number of aromatic nitrogens is 1. The van der Waals surface area contributed by atoms with Gasteiger partial charge in [0.1, 0.15) is 5.52 Å². The quantitative estimate of drug-likeness (QED) is 0.671. The number of oxazole rings is 1. The van der Waals surface area contributed by atoms with Crippen molar-refractivity contribution < 1.29 is 4.42 Å². The molecule has 1 heterocycles. The molecule has 0 atom stereocenters. The fourth-order valence-electron chi connectivity index (χ4n) is 1.70. The van der Waals surface area contributed by atoms with Crippen molar-refractivity contribution >= 4 is 44.3 Å². The molecule has 0 saturated heterocycles. The van der Waals surface area contributed by atoms with Gasteiger partial charge in [0.15, 0.2) is 5.58 Å². The largest absolute Gasteiger partial charge is 0.435 e. The van der Waals surface area contributed by atoms with Crippen molar-refractivity contribution in [3.8, 4) is 11.5 Å². The van der Waals surface area contributed by atoms with E-state index in [-0.39, 0.29) is 0 Å². The van der Waals surface area contributed by atoms with Crippen molar-refractivity contribution in [1.82, 2.24) is 4.98 Å². The van der Waals surface area contributed by atoms with Gasteiger partial charge in [0.25, 0.3) is 0 Å². The van der Waals surface area contributed by atoms with Gasteiger partial charge in [-0.1, -0.05) is 17.7 Å². The van der Waals surface area contributed by atoms with Crippen molar-refractivity contribution in [3.63, 3.8) is 0 Å². The van der Waals surface area contributed by atoms with Crippen LogP contribution in [0.4, 0.5) is 5.69 Å². The normalized spacial score (nSPS) is 11.0. The molecule has 0 unspecified atom stereocenters. The first-order valence-electron chi connectivity index (χ1n) is 5.25. The fourth-order valence-corrected chi connectivity index (χ4v) is 2.32. The van der Waals surface area contributed by atoms with Crippen LogP contribution in [0.1, 0.15) is 0 Å². The molecule has 3 rings (SSSR count). The van der Waals surface area contributed by atoms with Crippen molar-refractivity contribution in [1.29, 1.82) is 0 Å². The second-order valence-corrected chi connectivity index (χ2v) is 5.10. The van der Waals surface area contributed by atoms with E-state index in [1.54, 1.807) is 12.1 Å². The lowest BCUT2D eigenvalue weighted by atomic mass is 10.2. The molecule has 0 radical (unpaired) electrons. The number of benzene rings is 2. The zero-order chi connectivity index (χ0) is 12.7. The minimum atomic E-state index is 0.494. The first kappa shape index (κ1) is 11.6. The van der Waals surface area contributed by atoms with Gasteiger partial charge in [0, 0.05) is 5.56 Å². The first-order chi connectivity index (χ1) is 8.65. The Morgan fingerprint density at radius 2 is 2.06 bits per heavy atom. The van der Waals surface area contributed by atoms with E-state index in [1.807, 2.05) is 24.3 Å². The average Bonchev–Trinajstić information content (AvgIpc) is 2.78. The Morgan fingerprint density at radius 3 is 2.78 bits per heavy atom. The number of nitrogens with zero attached hydrogens (tertiary/aromatic N) is 1. The highest BCUT2D eigenvalue weighted by Crippen LogP contribution is 2.31. The van der Waals surface area contributed by atoms with Crippen LogP contribution in [0.15, 0.2) is 45.3 Å². The van der Waals surface area contributed by atoms with Crippen LogP contribution in [-0.2, 0) is 0 Å². The molecule has 0 amide bonds. The molecule has 5 heteroatoms. The molecule has 0 fully saturated rings. The number of hydrogen-bond acceptors (Lipinski definition) is 3. The number of anilines is 1. The average molecular weight is 324 g/mol. The Balaban J connectivity index is 2.19. The zero-order valence-corrected chi connectivity index (χ0v) is 11.5. The highest BCUT2D eigenvalue weighted by molar-refractivity contribution is 9.10. The van der Waals surface area contributed by atoms with E-state index in [9.17, 15) is 0 Å². The van der Waals surface area contributed by atoms with Crippen LogP contribution < -0.4 is 5.73 Å².